The van der Waals surface area contributed by atoms with Crippen molar-refractivity contribution in [3.8, 4) is 0 Å². The molecule has 4 N–H and O–H groups in total. The van der Waals surface area contributed by atoms with Gasteiger partial charge in [0.15, 0.2) is 0 Å². The first-order chi connectivity index (χ1) is 7.16. The predicted molar refractivity (Wildman–Crippen MR) is 55.0 cm³/mol. The Bertz CT molecular complexity index is 296. The normalized spacial score (nSPS) is 12.0. The van der Waals surface area contributed by atoms with Crippen LogP contribution in [0, 0.1) is 0 Å². The van der Waals surface area contributed by atoms with Crippen molar-refractivity contribution < 1.29 is 10.2 Å². The summed E-state index contributed by atoms with van der Waals surface area (Å²) in [7, 11) is 0. The zero-order valence-electron chi connectivity index (χ0n) is 8.93. The van der Waals surface area contributed by atoms with Crippen LogP contribution in [-0.2, 0) is 12.1 Å². The SMILES string of the molecule is CCCCn1cc(C(N)(CO)CO)nn1. The number of hydrogen-bond donors (Lipinski definition) is 3. The third-order valence-corrected chi connectivity index (χ3v) is 2.35. The lowest BCUT2D eigenvalue weighted by molar-refractivity contribution is 0.118. The maximum absolute atomic E-state index is 9.06. The van der Waals surface area contributed by atoms with E-state index in [9.17, 15) is 0 Å². The van der Waals surface area contributed by atoms with Crippen molar-refractivity contribution in [3.63, 3.8) is 0 Å². The van der Waals surface area contributed by atoms with Gasteiger partial charge in [-0.3, -0.25) is 4.68 Å². The highest BCUT2D eigenvalue weighted by atomic mass is 16.3. The molecule has 0 atom stereocenters. The fourth-order valence-corrected chi connectivity index (χ4v) is 1.17. The van der Waals surface area contributed by atoms with Gasteiger partial charge in [0.1, 0.15) is 11.2 Å². The first-order valence-corrected chi connectivity index (χ1v) is 5.07. The van der Waals surface area contributed by atoms with Crippen molar-refractivity contribution in [2.45, 2.75) is 31.8 Å². The number of rotatable bonds is 6. The van der Waals surface area contributed by atoms with Crippen LogP contribution < -0.4 is 5.73 Å². The number of nitrogens with two attached hydrogens (primary N) is 1. The lowest BCUT2D eigenvalue weighted by Gasteiger charge is -2.20. The zero-order chi connectivity index (χ0) is 11.3. The average Bonchev–Trinajstić information content (AvgIpc) is 2.74. The van der Waals surface area contributed by atoms with Gasteiger partial charge >= 0.3 is 0 Å². The summed E-state index contributed by atoms with van der Waals surface area (Å²) in [5.41, 5.74) is 4.97. The second-order valence-corrected chi connectivity index (χ2v) is 3.69. The van der Waals surface area contributed by atoms with Crippen LogP contribution in [0.4, 0.5) is 0 Å². The van der Waals surface area contributed by atoms with Crippen LogP contribution in [0.2, 0.25) is 0 Å². The monoisotopic (exact) mass is 214 g/mol. The molecule has 86 valence electrons. The van der Waals surface area contributed by atoms with Gasteiger partial charge in [0.05, 0.1) is 19.4 Å². The maximum atomic E-state index is 9.06. The van der Waals surface area contributed by atoms with Crippen LogP contribution in [0.25, 0.3) is 0 Å². The van der Waals surface area contributed by atoms with Gasteiger partial charge in [-0.15, -0.1) is 5.10 Å². The molecule has 1 rings (SSSR count). The third-order valence-electron chi connectivity index (χ3n) is 2.35. The minimum Gasteiger partial charge on any atom is -0.394 e. The molecule has 0 unspecified atom stereocenters. The molecule has 1 aromatic rings. The molecule has 0 amide bonds. The van der Waals surface area contributed by atoms with Gasteiger partial charge in [-0.25, -0.2) is 0 Å². The van der Waals surface area contributed by atoms with E-state index in [2.05, 4.69) is 17.2 Å². The van der Waals surface area contributed by atoms with Crippen molar-refractivity contribution in [2.24, 2.45) is 5.73 Å². The number of aliphatic hydroxyl groups excluding tert-OH is 2. The van der Waals surface area contributed by atoms with Gasteiger partial charge < -0.3 is 15.9 Å². The Morgan fingerprint density at radius 3 is 2.67 bits per heavy atom. The number of hydrogen-bond acceptors (Lipinski definition) is 5. The van der Waals surface area contributed by atoms with Gasteiger partial charge in [-0.2, -0.15) is 0 Å². The highest BCUT2D eigenvalue weighted by Gasteiger charge is 2.29. The van der Waals surface area contributed by atoms with E-state index in [0.29, 0.717) is 5.69 Å². The summed E-state index contributed by atoms with van der Waals surface area (Å²) in [6.07, 6.45) is 3.75. The molecule has 0 saturated heterocycles. The summed E-state index contributed by atoms with van der Waals surface area (Å²) < 4.78 is 1.67. The Kier molecular flexibility index (Phi) is 4.19. The fraction of sp³-hybridized carbons (Fsp3) is 0.778. The molecule has 0 aliphatic carbocycles. The fourth-order valence-electron chi connectivity index (χ4n) is 1.17. The average molecular weight is 214 g/mol. The molecule has 1 heterocycles. The van der Waals surface area contributed by atoms with Crippen LogP contribution in [0.15, 0.2) is 6.20 Å². The van der Waals surface area contributed by atoms with Gasteiger partial charge in [-0.1, -0.05) is 18.6 Å². The zero-order valence-corrected chi connectivity index (χ0v) is 8.93. The summed E-state index contributed by atoms with van der Waals surface area (Å²) in [6.45, 7) is 2.16. The Morgan fingerprint density at radius 2 is 2.13 bits per heavy atom. The summed E-state index contributed by atoms with van der Waals surface area (Å²) in [5, 5.41) is 25.9. The molecule has 0 saturated carbocycles. The van der Waals surface area contributed by atoms with Crippen molar-refractivity contribution in [2.75, 3.05) is 13.2 Å². The smallest absolute Gasteiger partial charge is 0.109 e. The van der Waals surface area contributed by atoms with Crippen molar-refractivity contribution in [3.05, 3.63) is 11.9 Å². The summed E-state index contributed by atoms with van der Waals surface area (Å²) in [6, 6.07) is 0. The van der Waals surface area contributed by atoms with Gasteiger partial charge in [0, 0.05) is 6.54 Å². The molecule has 0 aliphatic heterocycles. The lowest BCUT2D eigenvalue weighted by atomic mass is 10.0. The molecular weight excluding hydrogens is 196 g/mol. The van der Waals surface area contributed by atoms with Crippen molar-refractivity contribution in [1.29, 1.82) is 0 Å². The Balaban J connectivity index is 2.74. The summed E-state index contributed by atoms with van der Waals surface area (Å²) in [4.78, 5) is 0. The van der Waals surface area contributed by atoms with E-state index in [1.54, 1.807) is 10.9 Å². The largest absolute Gasteiger partial charge is 0.394 e. The number of aliphatic hydroxyl groups is 2. The Morgan fingerprint density at radius 1 is 1.47 bits per heavy atom. The maximum Gasteiger partial charge on any atom is 0.109 e. The second kappa shape index (κ2) is 5.20. The van der Waals surface area contributed by atoms with Crippen LogP contribution in [0.3, 0.4) is 0 Å². The number of unbranched alkanes of at least 4 members (excludes halogenated alkanes) is 1. The number of nitrogens with zero attached hydrogens (tertiary/aromatic N) is 3. The highest BCUT2D eigenvalue weighted by Crippen LogP contribution is 2.13. The molecule has 15 heavy (non-hydrogen) atoms. The predicted octanol–water partition coefficient (Wildman–Crippen LogP) is -0.783. The van der Waals surface area contributed by atoms with Crippen LogP contribution in [0.1, 0.15) is 25.5 Å². The number of aryl methyl sites for hydroxylation is 1. The van der Waals surface area contributed by atoms with E-state index in [-0.39, 0.29) is 13.2 Å². The van der Waals surface area contributed by atoms with E-state index in [1.807, 2.05) is 0 Å². The molecule has 0 fully saturated rings. The van der Waals surface area contributed by atoms with E-state index in [4.69, 9.17) is 15.9 Å². The molecule has 1 aromatic heterocycles. The van der Waals surface area contributed by atoms with Gasteiger partial charge in [0.2, 0.25) is 0 Å². The molecule has 0 radical (unpaired) electrons. The van der Waals surface area contributed by atoms with Crippen LogP contribution in [0.5, 0.6) is 0 Å². The molecular formula is C9H18N4O2. The third kappa shape index (κ3) is 2.74. The van der Waals surface area contributed by atoms with Gasteiger partial charge in [-0.05, 0) is 6.42 Å². The standard InChI is InChI=1S/C9H18N4O2/c1-2-3-4-13-5-8(11-12-13)9(10,6-14)7-15/h5,14-15H,2-4,6-7,10H2,1H3. The first-order valence-electron chi connectivity index (χ1n) is 5.07. The van der Waals surface area contributed by atoms with E-state index in [1.165, 1.54) is 0 Å². The molecule has 0 aromatic carbocycles. The molecule has 0 aliphatic rings. The lowest BCUT2D eigenvalue weighted by Crippen LogP contribution is -2.44. The molecule has 6 nitrogen and oxygen atoms in total. The van der Waals surface area contributed by atoms with Crippen LogP contribution >= 0.6 is 0 Å². The minimum atomic E-state index is -1.19. The van der Waals surface area contributed by atoms with Gasteiger partial charge in [0.25, 0.3) is 0 Å². The quantitative estimate of drug-likeness (QED) is 0.577. The highest BCUT2D eigenvalue weighted by molar-refractivity contribution is 5.09. The Hall–Kier alpha value is -0.980. The van der Waals surface area contributed by atoms with Crippen LogP contribution in [-0.4, -0.2) is 38.4 Å². The van der Waals surface area contributed by atoms with E-state index < -0.39 is 5.54 Å². The minimum absolute atomic E-state index is 0.351. The molecule has 0 spiro atoms. The number of aromatic nitrogens is 3. The Labute approximate surface area is 88.7 Å². The van der Waals surface area contributed by atoms with E-state index >= 15 is 0 Å². The summed E-state index contributed by atoms with van der Waals surface area (Å²) >= 11 is 0. The topological polar surface area (TPSA) is 97.2 Å². The first kappa shape index (κ1) is 12.1. The van der Waals surface area contributed by atoms with Crippen molar-refractivity contribution >= 4 is 0 Å². The molecule has 0 bridgehead atoms. The summed E-state index contributed by atoms with van der Waals surface area (Å²) in [5.74, 6) is 0. The van der Waals surface area contributed by atoms with Crippen molar-refractivity contribution in [1.82, 2.24) is 15.0 Å². The molecule has 6 heteroatoms. The van der Waals surface area contributed by atoms with E-state index in [0.717, 1.165) is 19.4 Å². The second-order valence-electron chi connectivity index (χ2n) is 3.69.